The summed E-state index contributed by atoms with van der Waals surface area (Å²) in [6.07, 6.45) is 3.06. The summed E-state index contributed by atoms with van der Waals surface area (Å²) in [5, 5.41) is 11.7. The minimum atomic E-state index is 0.296. The van der Waals surface area contributed by atoms with Crippen molar-refractivity contribution in [2.75, 3.05) is 20.2 Å². The largest absolute Gasteiger partial charge is 0.409 e. The first kappa shape index (κ1) is 14.3. The Morgan fingerprint density at radius 2 is 2.35 bits per heavy atom. The summed E-state index contributed by atoms with van der Waals surface area (Å²) < 4.78 is 5.51. The van der Waals surface area contributed by atoms with Crippen molar-refractivity contribution >= 4 is 5.84 Å². The molecule has 17 heavy (non-hydrogen) atoms. The Balaban J connectivity index is 2.57. The van der Waals surface area contributed by atoms with Crippen molar-refractivity contribution in [3.05, 3.63) is 0 Å². The Morgan fingerprint density at radius 1 is 1.65 bits per heavy atom. The lowest BCUT2D eigenvalue weighted by atomic mass is 9.93. The number of methoxy groups -OCH3 is 1. The molecular formula is C12H25N3O2. The fourth-order valence-corrected chi connectivity index (χ4v) is 2.51. The number of nitrogens with zero attached hydrogens (tertiary/aromatic N) is 2. The number of rotatable bonds is 5. The predicted octanol–water partition coefficient (Wildman–Crippen LogP) is 1.26. The van der Waals surface area contributed by atoms with Crippen molar-refractivity contribution in [3.8, 4) is 0 Å². The lowest BCUT2D eigenvalue weighted by molar-refractivity contribution is -0.0187. The highest BCUT2D eigenvalue weighted by Crippen LogP contribution is 2.23. The maximum absolute atomic E-state index is 8.64. The molecule has 0 aliphatic carbocycles. The average Bonchev–Trinajstić information content (AvgIpc) is 2.36. The van der Waals surface area contributed by atoms with E-state index in [-0.39, 0.29) is 0 Å². The normalized spacial score (nSPS) is 29.2. The lowest BCUT2D eigenvalue weighted by Crippen LogP contribution is -2.49. The van der Waals surface area contributed by atoms with Crippen LogP contribution in [0.2, 0.25) is 0 Å². The fraction of sp³-hybridized carbons (Fsp3) is 0.917. The Kier molecular flexibility index (Phi) is 5.71. The molecule has 0 radical (unpaired) electrons. The Hall–Kier alpha value is -0.810. The monoisotopic (exact) mass is 243 g/mol. The highest BCUT2D eigenvalue weighted by Gasteiger charge is 2.29. The topological polar surface area (TPSA) is 71.1 Å². The molecule has 1 aliphatic heterocycles. The Morgan fingerprint density at radius 3 is 2.88 bits per heavy atom. The van der Waals surface area contributed by atoms with E-state index in [0.717, 1.165) is 25.9 Å². The van der Waals surface area contributed by atoms with Crippen LogP contribution in [0.25, 0.3) is 0 Å². The number of oxime groups is 1. The van der Waals surface area contributed by atoms with E-state index in [2.05, 4.69) is 23.9 Å². The van der Waals surface area contributed by atoms with Crippen molar-refractivity contribution < 1.29 is 9.94 Å². The third kappa shape index (κ3) is 3.85. The molecule has 0 spiro atoms. The van der Waals surface area contributed by atoms with E-state index in [0.29, 0.717) is 30.3 Å². The lowest BCUT2D eigenvalue weighted by Gasteiger charge is -2.40. The molecule has 5 nitrogen and oxygen atoms in total. The van der Waals surface area contributed by atoms with Gasteiger partial charge in [-0.3, -0.25) is 4.90 Å². The maximum atomic E-state index is 8.64. The molecule has 3 N–H and O–H groups in total. The summed E-state index contributed by atoms with van der Waals surface area (Å²) in [5.41, 5.74) is 5.59. The van der Waals surface area contributed by atoms with Crippen molar-refractivity contribution in [3.63, 3.8) is 0 Å². The third-order valence-electron chi connectivity index (χ3n) is 3.78. The van der Waals surface area contributed by atoms with Gasteiger partial charge in [0.15, 0.2) is 0 Å². The van der Waals surface area contributed by atoms with Crippen LogP contribution >= 0.6 is 0 Å². The summed E-state index contributed by atoms with van der Waals surface area (Å²) >= 11 is 0. The first-order chi connectivity index (χ1) is 8.12. The molecule has 1 aliphatic rings. The molecule has 0 saturated carbocycles. The van der Waals surface area contributed by atoms with Gasteiger partial charge in [-0.05, 0) is 25.3 Å². The number of amidine groups is 1. The zero-order chi connectivity index (χ0) is 12.8. The molecule has 0 bridgehead atoms. The molecule has 3 unspecified atom stereocenters. The summed E-state index contributed by atoms with van der Waals surface area (Å²) in [6, 6.07) is 0.344. The van der Waals surface area contributed by atoms with E-state index in [9.17, 15) is 0 Å². The molecule has 0 aromatic heterocycles. The smallest absolute Gasteiger partial charge is 0.140 e. The molecule has 1 saturated heterocycles. The van der Waals surface area contributed by atoms with Crippen LogP contribution in [0.15, 0.2) is 5.16 Å². The van der Waals surface area contributed by atoms with Gasteiger partial charge in [0.1, 0.15) is 5.84 Å². The van der Waals surface area contributed by atoms with E-state index in [1.54, 1.807) is 7.11 Å². The molecule has 0 aromatic rings. The number of piperidine rings is 1. The van der Waals surface area contributed by atoms with Crippen LogP contribution < -0.4 is 5.73 Å². The minimum Gasteiger partial charge on any atom is -0.409 e. The van der Waals surface area contributed by atoms with Crippen molar-refractivity contribution in [2.24, 2.45) is 16.8 Å². The number of likely N-dealkylation sites (tertiary alicyclic amines) is 1. The Bertz CT molecular complexity index is 258. The fourth-order valence-electron chi connectivity index (χ4n) is 2.51. The van der Waals surface area contributed by atoms with Crippen LogP contribution in [-0.4, -0.2) is 48.3 Å². The first-order valence-corrected chi connectivity index (χ1v) is 6.35. The van der Waals surface area contributed by atoms with Gasteiger partial charge in [0, 0.05) is 26.1 Å². The van der Waals surface area contributed by atoms with Gasteiger partial charge in [-0.25, -0.2) is 0 Å². The second kappa shape index (κ2) is 6.81. The van der Waals surface area contributed by atoms with E-state index in [1.165, 1.54) is 0 Å². The quantitative estimate of drug-likeness (QED) is 0.330. The second-order valence-corrected chi connectivity index (χ2v) is 4.89. The SMILES string of the molecule is CCC(CC(N)=NO)N1CCC(C)C(OC)C1. The van der Waals surface area contributed by atoms with Crippen molar-refractivity contribution in [1.82, 2.24) is 4.90 Å². The molecule has 0 amide bonds. The van der Waals surface area contributed by atoms with Crippen LogP contribution in [0.5, 0.6) is 0 Å². The van der Waals surface area contributed by atoms with Crippen molar-refractivity contribution in [2.45, 2.75) is 45.3 Å². The van der Waals surface area contributed by atoms with Crippen molar-refractivity contribution in [1.29, 1.82) is 0 Å². The first-order valence-electron chi connectivity index (χ1n) is 6.35. The third-order valence-corrected chi connectivity index (χ3v) is 3.78. The number of ether oxygens (including phenoxy) is 1. The van der Waals surface area contributed by atoms with Gasteiger partial charge >= 0.3 is 0 Å². The van der Waals surface area contributed by atoms with E-state index in [1.807, 2.05) is 0 Å². The molecule has 1 fully saturated rings. The van der Waals surface area contributed by atoms with Gasteiger partial charge in [0.2, 0.25) is 0 Å². The van der Waals surface area contributed by atoms with Gasteiger partial charge in [-0.15, -0.1) is 0 Å². The van der Waals surface area contributed by atoms with Gasteiger partial charge < -0.3 is 15.7 Å². The highest BCUT2D eigenvalue weighted by atomic mass is 16.5. The maximum Gasteiger partial charge on any atom is 0.140 e. The molecular weight excluding hydrogens is 218 g/mol. The van der Waals surface area contributed by atoms with Crippen LogP contribution in [0.1, 0.15) is 33.1 Å². The van der Waals surface area contributed by atoms with Crippen LogP contribution in [-0.2, 0) is 4.74 Å². The Labute approximate surface area is 104 Å². The van der Waals surface area contributed by atoms with Crippen LogP contribution in [0.3, 0.4) is 0 Å². The van der Waals surface area contributed by atoms with Crippen LogP contribution in [0, 0.1) is 5.92 Å². The number of hydrogen-bond donors (Lipinski definition) is 2. The summed E-state index contributed by atoms with van der Waals surface area (Å²) in [4.78, 5) is 2.40. The van der Waals surface area contributed by atoms with E-state index >= 15 is 0 Å². The zero-order valence-electron chi connectivity index (χ0n) is 11.1. The number of hydrogen-bond acceptors (Lipinski definition) is 4. The molecule has 100 valence electrons. The van der Waals surface area contributed by atoms with E-state index < -0.39 is 0 Å². The van der Waals surface area contributed by atoms with Gasteiger partial charge in [-0.1, -0.05) is 19.0 Å². The summed E-state index contributed by atoms with van der Waals surface area (Å²) in [7, 11) is 1.77. The average molecular weight is 243 g/mol. The molecule has 5 heteroatoms. The molecule has 3 atom stereocenters. The zero-order valence-corrected chi connectivity index (χ0v) is 11.1. The summed E-state index contributed by atoms with van der Waals surface area (Å²) in [5.74, 6) is 0.919. The second-order valence-electron chi connectivity index (χ2n) is 4.89. The molecule has 1 heterocycles. The molecule has 0 aromatic carbocycles. The standard InChI is InChI=1S/C12H25N3O2/c1-4-10(7-12(13)14-16)15-6-5-9(2)11(8-15)17-3/h9-11,16H,4-8H2,1-3H3,(H2,13,14). The predicted molar refractivity (Wildman–Crippen MR) is 68.3 cm³/mol. The van der Waals surface area contributed by atoms with Gasteiger partial charge in [-0.2, -0.15) is 0 Å². The highest BCUT2D eigenvalue weighted by molar-refractivity contribution is 5.80. The van der Waals surface area contributed by atoms with E-state index in [4.69, 9.17) is 15.7 Å². The minimum absolute atomic E-state index is 0.296. The van der Waals surface area contributed by atoms with Gasteiger partial charge in [0.05, 0.1) is 6.10 Å². The van der Waals surface area contributed by atoms with Crippen LogP contribution in [0.4, 0.5) is 0 Å². The molecule has 1 rings (SSSR count). The van der Waals surface area contributed by atoms with Gasteiger partial charge in [0.25, 0.3) is 0 Å². The number of nitrogens with two attached hydrogens (primary N) is 1. The summed E-state index contributed by atoms with van der Waals surface area (Å²) in [6.45, 7) is 6.37.